The lowest BCUT2D eigenvalue weighted by Crippen LogP contribution is -2.48. The molecule has 0 unspecified atom stereocenters. The molecule has 0 atom stereocenters. The Balaban J connectivity index is 1.49. The number of rotatable bonds is 5. The van der Waals surface area contributed by atoms with Gasteiger partial charge in [0.1, 0.15) is 10.7 Å². The first-order valence-electron chi connectivity index (χ1n) is 10.1. The Morgan fingerprint density at radius 1 is 1.12 bits per heavy atom. The van der Waals surface area contributed by atoms with Gasteiger partial charge in [0.25, 0.3) is 5.91 Å². The van der Waals surface area contributed by atoms with E-state index in [9.17, 15) is 9.59 Å². The van der Waals surface area contributed by atoms with Gasteiger partial charge in [0.2, 0.25) is 17.8 Å². The predicted molar refractivity (Wildman–Crippen MR) is 124 cm³/mol. The Labute approximate surface area is 189 Å². The van der Waals surface area contributed by atoms with Crippen molar-refractivity contribution in [3.63, 3.8) is 0 Å². The van der Waals surface area contributed by atoms with Crippen LogP contribution in [0.5, 0.6) is 0 Å². The monoisotopic (exact) mass is 452 g/mol. The number of anilines is 4. The topological polar surface area (TPSA) is 125 Å². The number of thiazole rings is 1. The molecular formula is C21H24N8O2S. The Morgan fingerprint density at radius 3 is 2.59 bits per heavy atom. The Kier molecular flexibility index (Phi) is 5.99. The highest BCUT2D eigenvalue weighted by Gasteiger charge is 2.20. The van der Waals surface area contributed by atoms with Crippen molar-refractivity contribution in [3.8, 4) is 0 Å². The summed E-state index contributed by atoms with van der Waals surface area (Å²) in [5, 5.41) is 9.29. The minimum Gasteiger partial charge on any atom is -0.353 e. The summed E-state index contributed by atoms with van der Waals surface area (Å²) >= 11 is 1.21. The quantitative estimate of drug-likeness (QED) is 0.539. The number of nitrogens with zero attached hydrogens (tertiary/aromatic N) is 5. The van der Waals surface area contributed by atoms with Crippen LogP contribution in [0.3, 0.4) is 0 Å². The molecule has 1 aromatic carbocycles. The lowest BCUT2D eigenvalue weighted by Gasteiger charge is -2.26. The Morgan fingerprint density at radius 2 is 1.88 bits per heavy atom. The molecule has 1 aliphatic heterocycles. The van der Waals surface area contributed by atoms with Crippen LogP contribution < -0.4 is 20.9 Å². The zero-order valence-corrected chi connectivity index (χ0v) is 19.1. The molecule has 10 nitrogen and oxygen atoms in total. The third kappa shape index (κ3) is 4.83. The minimum absolute atomic E-state index is 0.0709. The first-order chi connectivity index (χ1) is 15.3. The van der Waals surface area contributed by atoms with Crippen LogP contribution in [0.1, 0.15) is 32.2 Å². The lowest BCUT2D eigenvalue weighted by atomic mass is 10.1. The molecule has 32 heavy (non-hydrogen) atoms. The maximum absolute atomic E-state index is 12.8. The van der Waals surface area contributed by atoms with Crippen molar-refractivity contribution in [2.75, 3.05) is 35.2 Å². The van der Waals surface area contributed by atoms with Crippen molar-refractivity contribution >= 4 is 45.9 Å². The van der Waals surface area contributed by atoms with Gasteiger partial charge in [-0.25, -0.2) is 4.98 Å². The Hall–Kier alpha value is -3.60. The van der Waals surface area contributed by atoms with Crippen molar-refractivity contribution in [1.82, 2.24) is 25.3 Å². The fourth-order valence-corrected chi connectivity index (χ4v) is 4.26. The summed E-state index contributed by atoms with van der Waals surface area (Å²) in [6.45, 7) is 9.09. The van der Waals surface area contributed by atoms with E-state index in [1.54, 1.807) is 11.8 Å². The summed E-state index contributed by atoms with van der Waals surface area (Å²) in [4.78, 5) is 44.0. The number of piperazine rings is 1. The van der Waals surface area contributed by atoms with Gasteiger partial charge in [-0.15, -0.1) is 0 Å². The summed E-state index contributed by atoms with van der Waals surface area (Å²) in [6, 6.07) is 4.07. The molecule has 4 rings (SSSR count). The molecule has 11 heteroatoms. The van der Waals surface area contributed by atoms with Crippen LogP contribution in [-0.4, -0.2) is 51.4 Å². The lowest BCUT2D eigenvalue weighted by molar-refractivity contribution is -0.120. The van der Waals surface area contributed by atoms with E-state index in [4.69, 9.17) is 0 Å². The van der Waals surface area contributed by atoms with Crippen molar-refractivity contribution < 1.29 is 9.59 Å². The molecule has 2 aromatic heterocycles. The molecule has 1 aliphatic rings. The number of benzene rings is 1. The first kappa shape index (κ1) is 21.6. The molecule has 166 valence electrons. The van der Waals surface area contributed by atoms with Gasteiger partial charge in [-0.05, 0) is 38.8 Å². The third-order valence-electron chi connectivity index (χ3n) is 4.92. The molecule has 0 saturated carbocycles. The number of aromatic nitrogens is 4. The SMILES string of the molecule is Cc1cc(C)c(NC(=O)c2cnc(Nc3nc(C)nc(N4CCNC(=O)C4)n3)s2)c(C)c1. The van der Waals surface area contributed by atoms with Crippen LogP contribution in [0.25, 0.3) is 0 Å². The first-order valence-corrected chi connectivity index (χ1v) is 11.0. The maximum Gasteiger partial charge on any atom is 0.267 e. The van der Waals surface area contributed by atoms with Crippen LogP contribution in [0.4, 0.5) is 22.7 Å². The second kappa shape index (κ2) is 8.87. The van der Waals surface area contributed by atoms with E-state index in [1.807, 2.05) is 32.9 Å². The summed E-state index contributed by atoms with van der Waals surface area (Å²) in [5.74, 6) is 0.957. The number of carbonyl (C=O) groups excluding carboxylic acids is 2. The number of nitrogens with one attached hydrogen (secondary N) is 3. The maximum atomic E-state index is 12.8. The van der Waals surface area contributed by atoms with Crippen LogP contribution in [-0.2, 0) is 4.79 Å². The van der Waals surface area contributed by atoms with Crippen LogP contribution >= 0.6 is 11.3 Å². The van der Waals surface area contributed by atoms with E-state index < -0.39 is 0 Å². The second-order valence-electron chi connectivity index (χ2n) is 7.66. The molecule has 3 heterocycles. The molecule has 3 N–H and O–H groups in total. The summed E-state index contributed by atoms with van der Waals surface area (Å²) in [7, 11) is 0. The van der Waals surface area contributed by atoms with Crippen LogP contribution in [0, 0.1) is 27.7 Å². The van der Waals surface area contributed by atoms with E-state index in [0.29, 0.717) is 40.8 Å². The number of aryl methyl sites for hydroxylation is 4. The van der Waals surface area contributed by atoms with E-state index in [1.165, 1.54) is 17.5 Å². The average molecular weight is 453 g/mol. The standard InChI is InChI=1S/C21H24N8O2S/c1-11-7-12(2)17(13(3)8-11)26-18(31)15-9-23-21(32-15)28-19-24-14(4)25-20(27-19)29-6-5-22-16(30)10-29/h7-9H,5-6,10H2,1-4H3,(H,22,30)(H,26,31)(H,23,24,25,27,28). The summed E-state index contributed by atoms with van der Waals surface area (Å²) in [6.07, 6.45) is 1.52. The van der Waals surface area contributed by atoms with Gasteiger partial charge in [-0.1, -0.05) is 29.0 Å². The van der Waals surface area contributed by atoms with Crippen molar-refractivity contribution in [2.45, 2.75) is 27.7 Å². The zero-order valence-electron chi connectivity index (χ0n) is 18.3. The highest BCUT2D eigenvalue weighted by atomic mass is 32.1. The van der Waals surface area contributed by atoms with Crippen LogP contribution in [0.15, 0.2) is 18.3 Å². The van der Waals surface area contributed by atoms with Crippen molar-refractivity contribution in [3.05, 3.63) is 45.7 Å². The molecule has 0 bridgehead atoms. The highest BCUT2D eigenvalue weighted by molar-refractivity contribution is 7.17. The molecule has 0 aliphatic carbocycles. The van der Waals surface area contributed by atoms with Gasteiger partial charge >= 0.3 is 0 Å². The number of carbonyl (C=O) groups is 2. The molecule has 0 spiro atoms. The van der Waals surface area contributed by atoms with E-state index in [0.717, 1.165) is 22.4 Å². The zero-order chi connectivity index (χ0) is 22.8. The molecular weight excluding hydrogens is 428 g/mol. The fraction of sp³-hybridized carbons (Fsp3) is 0.333. The molecule has 1 fully saturated rings. The van der Waals surface area contributed by atoms with Crippen LogP contribution in [0.2, 0.25) is 0 Å². The van der Waals surface area contributed by atoms with Gasteiger partial charge in [0, 0.05) is 18.8 Å². The predicted octanol–water partition coefficient (Wildman–Crippen LogP) is 2.49. The largest absolute Gasteiger partial charge is 0.353 e. The van der Waals surface area contributed by atoms with E-state index in [-0.39, 0.29) is 18.4 Å². The van der Waals surface area contributed by atoms with Gasteiger partial charge in [0.15, 0.2) is 5.13 Å². The van der Waals surface area contributed by atoms with Crippen molar-refractivity contribution in [2.24, 2.45) is 0 Å². The number of hydrogen-bond donors (Lipinski definition) is 3. The Bertz CT molecular complexity index is 1170. The molecule has 2 amide bonds. The smallest absolute Gasteiger partial charge is 0.267 e. The molecule has 1 saturated heterocycles. The van der Waals surface area contributed by atoms with Crippen molar-refractivity contribution in [1.29, 1.82) is 0 Å². The third-order valence-corrected chi connectivity index (χ3v) is 5.83. The summed E-state index contributed by atoms with van der Waals surface area (Å²) < 4.78 is 0. The fourth-order valence-electron chi connectivity index (χ4n) is 3.56. The van der Waals surface area contributed by atoms with Gasteiger partial charge in [-0.2, -0.15) is 15.0 Å². The average Bonchev–Trinajstić information content (AvgIpc) is 3.18. The van der Waals surface area contributed by atoms with Gasteiger partial charge in [-0.3, -0.25) is 14.9 Å². The molecule has 0 radical (unpaired) electrons. The van der Waals surface area contributed by atoms with Gasteiger partial charge in [0.05, 0.1) is 12.7 Å². The summed E-state index contributed by atoms with van der Waals surface area (Å²) in [5.41, 5.74) is 3.99. The molecule has 3 aromatic rings. The highest BCUT2D eigenvalue weighted by Crippen LogP contribution is 2.26. The number of hydrogen-bond acceptors (Lipinski definition) is 9. The normalized spacial score (nSPS) is 13.6. The van der Waals surface area contributed by atoms with E-state index >= 15 is 0 Å². The number of amides is 2. The second-order valence-corrected chi connectivity index (χ2v) is 8.69. The van der Waals surface area contributed by atoms with E-state index in [2.05, 4.69) is 35.9 Å². The van der Waals surface area contributed by atoms with Gasteiger partial charge < -0.3 is 15.5 Å². The minimum atomic E-state index is -0.225.